The van der Waals surface area contributed by atoms with Crippen LogP contribution < -0.4 is 5.43 Å². The second-order valence-corrected chi connectivity index (χ2v) is 8.46. The molecule has 0 radical (unpaired) electrons. The van der Waals surface area contributed by atoms with Gasteiger partial charge in [-0.1, -0.05) is 39.7 Å². The first-order valence-electron chi connectivity index (χ1n) is 7.08. The van der Waals surface area contributed by atoms with Gasteiger partial charge in [-0.3, -0.25) is 4.79 Å². The molecule has 0 aromatic heterocycles. The average molecular weight is 445 g/mol. The molecule has 0 atom stereocenters. The molecule has 0 bridgehead atoms. The van der Waals surface area contributed by atoms with Gasteiger partial charge in [0.15, 0.2) is 0 Å². The molecule has 0 saturated heterocycles. The lowest BCUT2D eigenvalue weighted by molar-refractivity contribution is -0.121. The second-order valence-electron chi connectivity index (χ2n) is 5.06. The summed E-state index contributed by atoms with van der Waals surface area (Å²) in [6, 6.07) is 13.0. The third-order valence-corrected chi connectivity index (χ3v) is 5.76. The van der Waals surface area contributed by atoms with Gasteiger partial charge in [0.05, 0.1) is 17.7 Å². The zero-order chi connectivity index (χ0) is 18.4. The number of rotatable bonds is 6. The Morgan fingerprint density at radius 2 is 1.80 bits per heavy atom. The summed E-state index contributed by atoms with van der Waals surface area (Å²) in [6.07, 6.45) is 1.44. The van der Waals surface area contributed by atoms with Crippen molar-refractivity contribution in [1.29, 1.82) is 0 Å². The number of nitrogens with zero attached hydrogens (tertiary/aromatic N) is 2. The van der Waals surface area contributed by atoms with E-state index in [2.05, 4.69) is 26.5 Å². The number of carbonyl (C=O) groups excluding carboxylic acids is 1. The molecule has 0 spiro atoms. The molecule has 0 saturated carbocycles. The molecule has 0 heterocycles. The predicted octanol–water partition coefficient (Wildman–Crippen LogP) is 2.87. The highest BCUT2D eigenvalue weighted by Gasteiger charge is 2.22. The van der Waals surface area contributed by atoms with Crippen LogP contribution in [-0.4, -0.2) is 38.4 Å². The van der Waals surface area contributed by atoms with Crippen LogP contribution in [0.1, 0.15) is 5.56 Å². The zero-order valence-electron chi connectivity index (χ0n) is 13.2. The fraction of sp³-hybridized carbons (Fsp3) is 0.125. The highest BCUT2D eigenvalue weighted by Crippen LogP contribution is 2.17. The van der Waals surface area contributed by atoms with Crippen LogP contribution >= 0.6 is 27.5 Å². The largest absolute Gasteiger partial charge is 0.272 e. The Morgan fingerprint density at radius 1 is 1.20 bits per heavy atom. The normalized spacial score (nSPS) is 11.8. The van der Waals surface area contributed by atoms with Crippen LogP contribution in [0, 0.1) is 0 Å². The number of amides is 1. The lowest BCUT2D eigenvalue weighted by Crippen LogP contribution is -2.36. The molecule has 0 aliphatic carbocycles. The van der Waals surface area contributed by atoms with E-state index in [0.29, 0.717) is 5.02 Å². The van der Waals surface area contributed by atoms with Gasteiger partial charge in [0, 0.05) is 16.5 Å². The highest BCUT2D eigenvalue weighted by atomic mass is 79.9. The van der Waals surface area contributed by atoms with Gasteiger partial charge in [-0.05, 0) is 42.0 Å². The topological polar surface area (TPSA) is 78.8 Å². The number of halogens is 2. The molecule has 0 unspecified atom stereocenters. The lowest BCUT2D eigenvalue weighted by atomic mass is 10.2. The van der Waals surface area contributed by atoms with E-state index >= 15 is 0 Å². The van der Waals surface area contributed by atoms with Crippen LogP contribution in [0.4, 0.5) is 0 Å². The maximum absolute atomic E-state index is 12.4. The van der Waals surface area contributed by atoms with Crippen molar-refractivity contribution in [2.75, 3.05) is 13.6 Å². The van der Waals surface area contributed by atoms with Gasteiger partial charge in [-0.15, -0.1) is 0 Å². The zero-order valence-corrected chi connectivity index (χ0v) is 16.3. The Kier molecular flexibility index (Phi) is 6.71. The maximum atomic E-state index is 12.4. The number of hydrazone groups is 1. The van der Waals surface area contributed by atoms with Crippen LogP contribution in [0.2, 0.25) is 5.02 Å². The summed E-state index contributed by atoms with van der Waals surface area (Å²) in [4.78, 5) is 12.0. The van der Waals surface area contributed by atoms with Gasteiger partial charge in [0.2, 0.25) is 10.0 Å². The Labute approximate surface area is 159 Å². The minimum atomic E-state index is -3.75. The Bertz CT molecular complexity index is 869. The van der Waals surface area contributed by atoms with Crippen molar-refractivity contribution in [3.8, 4) is 0 Å². The molecule has 1 N–H and O–H groups in total. The molecule has 6 nitrogen and oxygen atoms in total. The number of hydrogen-bond donors (Lipinski definition) is 1. The molecule has 1 amide bonds. The number of sulfonamides is 1. The standard InChI is InChI=1S/C16H15BrClN3O3S/c1-21(25(23,24)15-8-4-13(17)5-9-15)11-16(22)20-19-10-12-2-6-14(18)7-3-12/h2-10H,11H2,1H3,(H,20,22)/b19-10-. The van der Waals surface area contributed by atoms with Gasteiger partial charge >= 0.3 is 0 Å². The van der Waals surface area contributed by atoms with Crippen LogP contribution in [-0.2, 0) is 14.8 Å². The molecule has 2 aromatic carbocycles. The van der Waals surface area contributed by atoms with Gasteiger partial charge in [0.25, 0.3) is 5.91 Å². The molecule has 2 rings (SSSR count). The number of carbonyl (C=O) groups is 1. The van der Waals surface area contributed by atoms with Crippen molar-refractivity contribution in [3.63, 3.8) is 0 Å². The van der Waals surface area contributed by atoms with Crippen LogP contribution in [0.3, 0.4) is 0 Å². The fourth-order valence-corrected chi connectivity index (χ4v) is 3.35. The summed E-state index contributed by atoms with van der Waals surface area (Å²) >= 11 is 9.02. The highest BCUT2D eigenvalue weighted by molar-refractivity contribution is 9.10. The number of hydrogen-bond acceptors (Lipinski definition) is 4. The number of nitrogens with one attached hydrogen (secondary N) is 1. The molecule has 132 valence electrons. The second kappa shape index (κ2) is 8.57. The summed E-state index contributed by atoms with van der Waals surface area (Å²) in [6.45, 7) is -0.351. The third kappa shape index (κ3) is 5.64. The van der Waals surface area contributed by atoms with Crippen molar-refractivity contribution in [2.24, 2.45) is 5.10 Å². The first kappa shape index (κ1) is 19.6. The smallest absolute Gasteiger partial charge is 0.255 e. The van der Waals surface area contributed by atoms with Gasteiger partial charge in [-0.25, -0.2) is 13.8 Å². The first-order valence-corrected chi connectivity index (χ1v) is 9.69. The quantitative estimate of drug-likeness (QED) is 0.550. The summed E-state index contributed by atoms with van der Waals surface area (Å²) in [5.41, 5.74) is 3.04. The average Bonchev–Trinajstić information content (AvgIpc) is 2.57. The molecule has 9 heteroatoms. The van der Waals surface area contributed by atoms with Crippen LogP contribution in [0.25, 0.3) is 0 Å². The van der Waals surface area contributed by atoms with Crippen molar-refractivity contribution in [1.82, 2.24) is 9.73 Å². The lowest BCUT2D eigenvalue weighted by Gasteiger charge is -2.16. The summed E-state index contributed by atoms with van der Waals surface area (Å²) in [5.74, 6) is -0.548. The van der Waals surface area contributed by atoms with Crippen molar-refractivity contribution < 1.29 is 13.2 Å². The molecule has 0 aliphatic rings. The van der Waals surface area contributed by atoms with Gasteiger partial charge in [-0.2, -0.15) is 9.41 Å². The summed E-state index contributed by atoms with van der Waals surface area (Å²) < 4.78 is 26.5. The van der Waals surface area contributed by atoms with E-state index < -0.39 is 15.9 Å². The fourth-order valence-electron chi connectivity index (χ4n) is 1.84. The Hall–Kier alpha value is -1.74. The van der Waals surface area contributed by atoms with E-state index in [-0.39, 0.29) is 11.4 Å². The van der Waals surface area contributed by atoms with Crippen molar-refractivity contribution >= 4 is 49.7 Å². The van der Waals surface area contributed by atoms with Crippen molar-refractivity contribution in [3.05, 3.63) is 63.6 Å². The maximum Gasteiger partial charge on any atom is 0.255 e. The van der Waals surface area contributed by atoms with E-state index in [4.69, 9.17) is 11.6 Å². The van der Waals surface area contributed by atoms with Gasteiger partial charge < -0.3 is 0 Å². The van der Waals surface area contributed by atoms with Crippen LogP contribution in [0.15, 0.2) is 63.0 Å². The number of benzene rings is 2. The first-order chi connectivity index (χ1) is 11.8. The monoisotopic (exact) mass is 443 g/mol. The van der Waals surface area contributed by atoms with E-state index in [1.807, 2.05) is 0 Å². The number of likely N-dealkylation sites (N-methyl/N-ethyl adjacent to an activating group) is 1. The van der Waals surface area contributed by atoms with E-state index in [0.717, 1.165) is 14.3 Å². The minimum absolute atomic E-state index is 0.107. The molecular formula is C16H15BrClN3O3S. The molecular weight excluding hydrogens is 430 g/mol. The molecule has 0 aliphatic heterocycles. The van der Waals surface area contributed by atoms with Gasteiger partial charge in [0.1, 0.15) is 0 Å². The summed E-state index contributed by atoms with van der Waals surface area (Å²) in [5, 5.41) is 4.39. The van der Waals surface area contributed by atoms with E-state index in [1.54, 1.807) is 36.4 Å². The summed E-state index contributed by atoms with van der Waals surface area (Å²) in [7, 11) is -2.41. The molecule has 0 fully saturated rings. The molecule has 2 aromatic rings. The van der Waals surface area contributed by atoms with Crippen LogP contribution in [0.5, 0.6) is 0 Å². The van der Waals surface area contributed by atoms with Crippen molar-refractivity contribution in [2.45, 2.75) is 4.90 Å². The van der Waals surface area contributed by atoms with E-state index in [1.165, 1.54) is 25.4 Å². The molecule has 25 heavy (non-hydrogen) atoms. The van der Waals surface area contributed by atoms with E-state index in [9.17, 15) is 13.2 Å². The third-order valence-electron chi connectivity index (χ3n) is 3.16. The Balaban J connectivity index is 1.95. The Morgan fingerprint density at radius 3 is 2.40 bits per heavy atom. The predicted molar refractivity (Wildman–Crippen MR) is 101 cm³/mol. The SMILES string of the molecule is CN(CC(=O)N/N=C\c1ccc(Cl)cc1)S(=O)(=O)c1ccc(Br)cc1. The minimum Gasteiger partial charge on any atom is -0.272 e.